The molecule has 3 heteroatoms. The third kappa shape index (κ3) is 2.99. The van der Waals surface area contributed by atoms with Crippen molar-refractivity contribution in [1.29, 1.82) is 0 Å². The zero-order valence-electron chi connectivity index (χ0n) is 9.53. The van der Waals surface area contributed by atoms with Gasteiger partial charge in [-0.25, -0.2) is 0 Å². The maximum absolute atomic E-state index is 6.44. The monoisotopic (exact) mass is 265 g/mol. The summed E-state index contributed by atoms with van der Waals surface area (Å²) in [6.07, 6.45) is 4.35. The predicted octanol–water partition coefficient (Wildman–Crippen LogP) is 4.57. The summed E-state index contributed by atoms with van der Waals surface area (Å²) >= 11 is 12.5. The first-order valence-corrected chi connectivity index (χ1v) is 6.28. The molecule has 0 N–H and O–H groups in total. The maximum atomic E-state index is 6.44. The van der Waals surface area contributed by atoms with Crippen LogP contribution in [0.4, 0.5) is 0 Å². The van der Waals surface area contributed by atoms with Crippen LogP contribution >= 0.6 is 23.2 Å². The highest BCUT2D eigenvalue weighted by atomic mass is 35.5. The third-order valence-electron chi connectivity index (χ3n) is 2.81. The lowest BCUT2D eigenvalue weighted by Gasteiger charge is -2.13. The van der Waals surface area contributed by atoms with Crippen LogP contribution < -0.4 is 0 Å². The second kappa shape index (κ2) is 5.52. The lowest BCUT2D eigenvalue weighted by molar-refractivity contribution is 0.907. The minimum absolute atomic E-state index is 0.0592. The fourth-order valence-electron chi connectivity index (χ4n) is 1.80. The fourth-order valence-corrected chi connectivity index (χ4v) is 2.40. The molecule has 2 aromatic rings. The van der Waals surface area contributed by atoms with Gasteiger partial charge in [0.25, 0.3) is 0 Å². The second-order valence-electron chi connectivity index (χ2n) is 3.98. The second-order valence-corrected chi connectivity index (χ2v) is 4.92. The number of hydrogen-bond donors (Lipinski definition) is 0. The number of rotatable bonds is 3. The molecule has 88 valence electrons. The zero-order valence-corrected chi connectivity index (χ0v) is 11.0. The van der Waals surface area contributed by atoms with Crippen molar-refractivity contribution in [3.05, 3.63) is 64.4 Å². The Bertz CT molecular complexity index is 497. The maximum Gasteiger partial charge on any atom is 0.0628 e. The molecule has 0 fully saturated rings. The first-order valence-electron chi connectivity index (χ1n) is 5.46. The zero-order chi connectivity index (χ0) is 12.3. The number of hydrogen-bond acceptors (Lipinski definition) is 1. The van der Waals surface area contributed by atoms with E-state index in [-0.39, 0.29) is 5.38 Å². The van der Waals surface area contributed by atoms with Crippen molar-refractivity contribution < 1.29 is 0 Å². The van der Waals surface area contributed by atoms with Gasteiger partial charge in [-0.3, -0.25) is 4.98 Å². The highest BCUT2D eigenvalue weighted by molar-refractivity contribution is 6.31. The molecule has 1 heterocycles. The molecule has 0 spiro atoms. The normalized spacial score (nSPS) is 12.4. The average molecular weight is 266 g/mol. The molecule has 2 rings (SSSR count). The number of halogens is 2. The molecule has 0 aliphatic rings. The quantitative estimate of drug-likeness (QED) is 0.742. The van der Waals surface area contributed by atoms with Crippen molar-refractivity contribution in [2.75, 3.05) is 0 Å². The summed E-state index contributed by atoms with van der Waals surface area (Å²) in [7, 11) is 0. The first kappa shape index (κ1) is 12.4. The Morgan fingerprint density at radius 1 is 1.18 bits per heavy atom. The molecule has 0 saturated carbocycles. The molecule has 0 bridgehead atoms. The van der Waals surface area contributed by atoms with E-state index in [1.54, 1.807) is 12.4 Å². The molecule has 1 nitrogen and oxygen atoms in total. The lowest BCUT2D eigenvalue weighted by atomic mass is 10.0. The number of aromatic nitrogens is 1. The van der Waals surface area contributed by atoms with Gasteiger partial charge in [0.15, 0.2) is 0 Å². The molecule has 0 aliphatic carbocycles. The van der Waals surface area contributed by atoms with Crippen LogP contribution in [-0.4, -0.2) is 4.98 Å². The van der Waals surface area contributed by atoms with Crippen molar-refractivity contribution in [2.45, 2.75) is 18.7 Å². The van der Waals surface area contributed by atoms with E-state index in [4.69, 9.17) is 23.2 Å². The summed E-state index contributed by atoms with van der Waals surface area (Å²) in [5.41, 5.74) is 3.33. The Morgan fingerprint density at radius 3 is 2.59 bits per heavy atom. The fraction of sp³-hybridized carbons (Fsp3) is 0.214. The summed E-state index contributed by atoms with van der Waals surface area (Å²) in [6, 6.07) is 9.81. The number of pyridine rings is 1. The van der Waals surface area contributed by atoms with Crippen LogP contribution in [0.2, 0.25) is 5.02 Å². The molecule has 17 heavy (non-hydrogen) atoms. The summed E-state index contributed by atoms with van der Waals surface area (Å²) in [5.74, 6) is 0. The van der Waals surface area contributed by atoms with E-state index in [9.17, 15) is 0 Å². The third-order valence-corrected chi connectivity index (χ3v) is 3.61. The molecule has 1 atom stereocenters. The van der Waals surface area contributed by atoms with Gasteiger partial charge in [0.05, 0.1) is 5.38 Å². The molecular formula is C14H13Cl2N. The Kier molecular flexibility index (Phi) is 4.03. The average Bonchev–Trinajstić information content (AvgIpc) is 2.34. The van der Waals surface area contributed by atoms with E-state index in [2.05, 4.69) is 4.98 Å². The van der Waals surface area contributed by atoms with Crippen molar-refractivity contribution in [3.63, 3.8) is 0 Å². The predicted molar refractivity (Wildman–Crippen MR) is 72.7 cm³/mol. The summed E-state index contributed by atoms with van der Waals surface area (Å²) in [5, 5.41) is 0.707. The molecule has 1 unspecified atom stereocenters. The highest BCUT2D eigenvalue weighted by Crippen LogP contribution is 2.30. The van der Waals surface area contributed by atoms with Crippen LogP contribution in [0.15, 0.2) is 42.7 Å². The molecule has 0 aliphatic heterocycles. The molecule has 0 radical (unpaired) electrons. The van der Waals surface area contributed by atoms with Crippen LogP contribution in [0.3, 0.4) is 0 Å². The highest BCUT2D eigenvalue weighted by Gasteiger charge is 2.12. The van der Waals surface area contributed by atoms with Crippen LogP contribution in [0.25, 0.3) is 0 Å². The smallest absolute Gasteiger partial charge is 0.0628 e. The standard InChI is InChI=1S/C14H13Cl2N/c1-10-12(3-2-4-13(10)15)14(16)9-11-5-7-17-8-6-11/h2-8,14H,9H2,1H3. The van der Waals surface area contributed by atoms with Gasteiger partial charge in [-0.2, -0.15) is 0 Å². The number of benzene rings is 1. The summed E-state index contributed by atoms with van der Waals surface area (Å²) in [4.78, 5) is 3.99. The van der Waals surface area contributed by atoms with Crippen LogP contribution in [0.5, 0.6) is 0 Å². The molecule has 0 saturated heterocycles. The van der Waals surface area contributed by atoms with Crippen LogP contribution in [0, 0.1) is 6.92 Å². The lowest BCUT2D eigenvalue weighted by Crippen LogP contribution is -1.99. The molecule has 0 amide bonds. The largest absolute Gasteiger partial charge is 0.265 e. The van der Waals surface area contributed by atoms with Crippen molar-refractivity contribution in [1.82, 2.24) is 4.98 Å². The summed E-state index contributed by atoms with van der Waals surface area (Å²) < 4.78 is 0. The van der Waals surface area contributed by atoms with E-state index in [1.165, 1.54) is 5.56 Å². The van der Waals surface area contributed by atoms with E-state index >= 15 is 0 Å². The molecule has 1 aromatic heterocycles. The topological polar surface area (TPSA) is 12.9 Å². The van der Waals surface area contributed by atoms with E-state index < -0.39 is 0 Å². The number of nitrogens with zero attached hydrogens (tertiary/aromatic N) is 1. The van der Waals surface area contributed by atoms with E-state index in [0.717, 1.165) is 22.6 Å². The van der Waals surface area contributed by atoms with Crippen LogP contribution in [0.1, 0.15) is 22.1 Å². The van der Waals surface area contributed by atoms with E-state index in [1.807, 2.05) is 37.3 Å². The number of alkyl halides is 1. The van der Waals surface area contributed by atoms with Crippen molar-refractivity contribution >= 4 is 23.2 Å². The molecule has 1 aromatic carbocycles. The van der Waals surface area contributed by atoms with Gasteiger partial charge in [-0.15, -0.1) is 11.6 Å². The Labute approximate surface area is 111 Å². The SMILES string of the molecule is Cc1c(Cl)cccc1C(Cl)Cc1ccncc1. The Morgan fingerprint density at radius 2 is 1.88 bits per heavy atom. The van der Waals surface area contributed by atoms with Crippen molar-refractivity contribution in [3.8, 4) is 0 Å². The minimum atomic E-state index is -0.0592. The van der Waals surface area contributed by atoms with Gasteiger partial charge in [0.2, 0.25) is 0 Å². The van der Waals surface area contributed by atoms with Gasteiger partial charge in [-0.05, 0) is 48.2 Å². The van der Waals surface area contributed by atoms with E-state index in [0.29, 0.717) is 0 Å². The molecular weight excluding hydrogens is 253 g/mol. The van der Waals surface area contributed by atoms with Crippen molar-refractivity contribution in [2.24, 2.45) is 0 Å². The first-order chi connectivity index (χ1) is 8.18. The summed E-state index contributed by atoms with van der Waals surface area (Å²) in [6.45, 7) is 2.00. The Balaban J connectivity index is 2.20. The van der Waals surface area contributed by atoms with Gasteiger partial charge in [0.1, 0.15) is 0 Å². The van der Waals surface area contributed by atoms with Crippen LogP contribution in [-0.2, 0) is 6.42 Å². The van der Waals surface area contributed by atoms with Gasteiger partial charge >= 0.3 is 0 Å². The van der Waals surface area contributed by atoms with Gasteiger partial charge in [0, 0.05) is 17.4 Å². The van der Waals surface area contributed by atoms with Gasteiger partial charge in [-0.1, -0.05) is 23.7 Å². The minimum Gasteiger partial charge on any atom is -0.265 e. The Hall–Kier alpha value is -1.05. The van der Waals surface area contributed by atoms with Gasteiger partial charge < -0.3 is 0 Å².